The lowest BCUT2D eigenvalue weighted by Gasteiger charge is -2.32. The van der Waals surface area contributed by atoms with Crippen LogP contribution in [0.3, 0.4) is 0 Å². The van der Waals surface area contributed by atoms with E-state index in [1.807, 2.05) is 19.2 Å². The van der Waals surface area contributed by atoms with Crippen molar-refractivity contribution in [3.63, 3.8) is 0 Å². The standard InChI is InChI=1S/C15H24N4O/c1-13-5-9-19(10-6-13)15(16-2)18-8-11-20-14-4-3-7-17-12-14/h3-4,7,12-13H,5-6,8-11H2,1-2H3,(H,16,18). The summed E-state index contributed by atoms with van der Waals surface area (Å²) in [5, 5.41) is 3.35. The zero-order valence-corrected chi connectivity index (χ0v) is 12.4. The quantitative estimate of drug-likeness (QED) is 0.517. The summed E-state index contributed by atoms with van der Waals surface area (Å²) in [4.78, 5) is 10.7. The smallest absolute Gasteiger partial charge is 0.193 e. The van der Waals surface area contributed by atoms with Crippen LogP contribution in [0.25, 0.3) is 0 Å². The molecule has 5 heteroatoms. The molecule has 5 nitrogen and oxygen atoms in total. The molecule has 110 valence electrons. The molecule has 1 aromatic heterocycles. The third-order valence-electron chi connectivity index (χ3n) is 3.58. The molecular weight excluding hydrogens is 252 g/mol. The van der Waals surface area contributed by atoms with Crippen LogP contribution < -0.4 is 10.1 Å². The summed E-state index contributed by atoms with van der Waals surface area (Å²) in [5.74, 6) is 2.61. The van der Waals surface area contributed by atoms with Crippen molar-refractivity contribution in [1.82, 2.24) is 15.2 Å². The molecule has 0 spiro atoms. The number of nitrogens with zero attached hydrogens (tertiary/aromatic N) is 3. The van der Waals surface area contributed by atoms with Crippen molar-refractivity contribution in [1.29, 1.82) is 0 Å². The summed E-state index contributed by atoms with van der Waals surface area (Å²) in [5.41, 5.74) is 0. The average molecular weight is 276 g/mol. The predicted octanol–water partition coefficient (Wildman–Crippen LogP) is 1.77. The van der Waals surface area contributed by atoms with E-state index in [0.717, 1.165) is 37.3 Å². The molecule has 0 aromatic carbocycles. The van der Waals surface area contributed by atoms with Gasteiger partial charge in [0.05, 0.1) is 12.7 Å². The summed E-state index contributed by atoms with van der Waals surface area (Å²) in [7, 11) is 1.84. The summed E-state index contributed by atoms with van der Waals surface area (Å²) >= 11 is 0. The van der Waals surface area contributed by atoms with Crippen molar-refractivity contribution in [3.8, 4) is 5.75 Å². The molecule has 0 saturated carbocycles. The van der Waals surface area contributed by atoms with Gasteiger partial charge in [0, 0.05) is 26.3 Å². The van der Waals surface area contributed by atoms with Crippen LogP contribution in [-0.4, -0.2) is 49.1 Å². The van der Waals surface area contributed by atoms with E-state index >= 15 is 0 Å². The van der Waals surface area contributed by atoms with Gasteiger partial charge in [-0.2, -0.15) is 0 Å². The van der Waals surface area contributed by atoms with Gasteiger partial charge in [0.1, 0.15) is 12.4 Å². The van der Waals surface area contributed by atoms with E-state index in [0.29, 0.717) is 6.61 Å². The number of hydrogen-bond donors (Lipinski definition) is 1. The van der Waals surface area contributed by atoms with Crippen LogP contribution in [0.2, 0.25) is 0 Å². The van der Waals surface area contributed by atoms with Gasteiger partial charge in [-0.3, -0.25) is 9.98 Å². The first-order valence-electron chi connectivity index (χ1n) is 7.28. The molecule has 1 aromatic rings. The second-order valence-electron chi connectivity index (χ2n) is 5.18. The van der Waals surface area contributed by atoms with Crippen LogP contribution in [0.1, 0.15) is 19.8 Å². The van der Waals surface area contributed by atoms with Crippen molar-refractivity contribution < 1.29 is 4.74 Å². The lowest BCUT2D eigenvalue weighted by Crippen LogP contribution is -2.46. The van der Waals surface area contributed by atoms with Crippen LogP contribution >= 0.6 is 0 Å². The number of piperidine rings is 1. The van der Waals surface area contributed by atoms with E-state index in [4.69, 9.17) is 4.74 Å². The highest BCUT2D eigenvalue weighted by atomic mass is 16.5. The Morgan fingerprint density at radius 2 is 2.30 bits per heavy atom. The Morgan fingerprint density at radius 3 is 2.95 bits per heavy atom. The molecule has 1 saturated heterocycles. The molecular formula is C15H24N4O. The van der Waals surface area contributed by atoms with Crippen LogP contribution in [0.4, 0.5) is 0 Å². The highest BCUT2D eigenvalue weighted by molar-refractivity contribution is 5.79. The van der Waals surface area contributed by atoms with Crippen LogP contribution in [-0.2, 0) is 0 Å². The number of likely N-dealkylation sites (tertiary alicyclic amines) is 1. The van der Waals surface area contributed by atoms with Gasteiger partial charge < -0.3 is 15.0 Å². The molecule has 0 aliphatic carbocycles. The summed E-state index contributed by atoms with van der Waals surface area (Å²) in [6.07, 6.45) is 5.95. The van der Waals surface area contributed by atoms with Gasteiger partial charge in [0.25, 0.3) is 0 Å². The van der Waals surface area contributed by atoms with Crippen molar-refractivity contribution >= 4 is 5.96 Å². The second kappa shape index (κ2) is 7.72. The fraction of sp³-hybridized carbons (Fsp3) is 0.600. The number of guanidine groups is 1. The van der Waals surface area contributed by atoms with Crippen molar-refractivity contribution in [2.75, 3.05) is 33.3 Å². The lowest BCUT2D eigenvalue weighted by molar-refractivity contribution is 0.269. The summed E-state index contributed by atoms with van der Waals surface area (Å²) < 4.78 is 5.61. The Balaban J connectivity index is 1.69. The minimum Gasteiger partial charge on any atom is -0.490 e. The summed E-state index contributed by atoms with van der Waals surface area (Å²) in [6.45, 7) is 5.84. The van der Waals surface area contributed by atoms with Gasteiger partial charge in [0.2, 0.25) is 0 Å². The van der Waals surface area contributed by atoms with Gasteiger partial charge in [-0.05, 0) is 30.9 Å². The van der Waals surface area contributed by atoms with E-state index < -0.39 is 0 Å². The van der Waals surface area contributed by atoms with Crippen LogP contribution in [0.15, 0.2) is 29.5 Å². The Hall–Kier alpha value is -1.78. The van der Waals surface area contributed by atoms with E-state index in [1.165, 1.54) is 12.8 Å². The Bertz CT molecular complexity index is 413. The lowest BCUT2D eigenvalue weighted by atomic mass is 10.00. The van der Waals surface area contributed by atoms with Gasteiger partial charge in [-0.25, -0.2) is 0 Å². The molecule has 0 unspecified atom stereocenters. The maximum Gasteiger partial charge on any atom is 0.193 e. The van der Waals surface area contributed by atoms with Gasteiger partial charge >= 0.3 is 0 Å². The maximum absolute atomic E-state index is 5.61. The highest BCUT2D eigenvalue weighted by Gasteiger charge is 2.18. The van der Waals surface area contributed by atoms with Crippen molar-refractivity contribution in [3.05, 3.63) is 24.5 Å². The Labute approximate surface area is 121 Å². The van der Waals surface area contributed by atoms with E-state index in [9.17, 15) is 0 Å². The van der Waals surface area contributed by atoms with E-state index in [-0.39, 0.29) is 0 Å². The number of rotatable bonds is 4. The van der Waals surface area contributed by atoms with Gasteiger partial charge in [-0.1, -0.05) is 6.92 Å². The first-order chi connectivity index (χ1) is 9.79. The van der Waals surface area contributed by atoms with Crippen LogP contribution in [0.5, 0.6) is 5.75 Å². The predicted molar refractivity (Wildman–Crippen MR) is 81.1 cm³/mol. The number of aliphatic imine (C=N–C) groups is 1. The normalized spacial score (nSPS) is 17.1. The Morgan fingerprint density at radius 1 is 1.50 bits per heavy atom. The van der Waals surface area contributed by atoms with Crippen LogP contribution in [0, 0.1) is 5.92 Å². The number of aromatic nitrogens is 1. The fourth-order valence-corrected chi connectivity index (χ4v) is 2.32. The minimum atomic E-state index is 0.606. The first kappa shape index (κ1) is 14.6. The molecule has 0 bridgehead atoms. The zero-order chi connectivity index (χ0) is 14.2. The molecule has 0 atom stereocenters. The van der Waals surface area contributed by atoms with Gasteiger partial charge in [-0.15, -0.1) is 0 Å². The average Bonchev–Trinajstić information content (AvgIpc) is 2.50. The molecule has 2 heterocycles. The monoisotopic (exact) mass is 276 g/mol. The Kier molecular flexibility index (Phi) is 5.65. The molecule has 0 amide bonds. The summed E-state index contributed by atoms with van der Waals surface area (Å²) in [6, 6.07) is 3.78. The SMILES string of the molecule is CN=C(NCCOc1cccnc1)N1CCC(C)CC1. The largest absolute Gasteiger partial charge is 0.490 e. The van der Waals surface area contributed by atoms with Crippen molar-refractivity contribution in [2.45, 2.75) is 19.8 Å². The molecule has 1 fully saturated rings. The highest BCUT2D eigenvalue weighted by Crippen LogP contribution is 2.15. The first-order valence-corrected chi connectivity index (χ1v) is 7.28. The van der Waals surface area contributed by atoms with E-state index in [2.05, 4.69) is 27.1 Å². The fourth-order valence-electron chi connectivity index (χ4n) is 2.32. The third-order valence-corrected chi connectivity index (χ3v) is 3.58. The number of hydrogen-bond acceptors (Lipinski definition) is 3. The number of pyridine rings is 1. The van der Waals surface area contributed by atoms with Gasteiger partial charge in [0.15, 0.2) is 5.96 Å². The third kappa shape index (κ3) is 4.40. The number of nitrogens with one attached hydrogen (secondary N) is 1. The molecule has 2 rings (SSSR count). The molecule has 20 heavy (non-hydrogen) atoms. The topological polar surface area (TPSA) is 49.8 Å². The molecule has 1 N–H and O–H groups in total. The van der Waals surface area contributed by atoms with E-state index in [1.54, 1.807) is 12.4 Å². The molecule has 1 aliphatic rings. The number of ether oxygens (including phenoxy) is 1. The molecule has 1 aliphatic heterocycles. The molecule has 0 radical (unpaired) electrons. The minimum absolute atomic E-state index is 0.606. The zero-order valence-electron chi connectivity index (χ0n) is 12.4. The van der Waals surface area contributed by atoms with Crippen molar-refractivity contribution in [2.24, 2.45) is 10.9 Å². The second-order valence-corrected chi connectivity index (χ2v) is 5.18. The maximum atomic E-state index is 5.61.